The first-order chi connectivity index (χ1) is 9.36. The molecule has 2 rings (SSSR count). The molecule has 0 saturated carbocycles. The van der Waals surface area contributed by atoms with Crippen molar-refractivity contribution in [2.24, 2.45) is 0 Å². The Morgan fingerprint density at radius 1 is 1.60 bits per heavy atom. The van der Waals surface area contributed by atoms with E-state index in [0.717, 1.165) is 0 Å². The highest BCUT2D eigenvalue weighted by molar-refractivity contribution is 7.71. The molecule has 2 aromatic rings. The Balaban J connectivity index is 2.59. The van der Waals surface area contributed by atoms with E-state index in [-0.39, 0.29) is 10.9 Å². The Kier molecular flexibility index (Phi) is 4.15. The molecule has 0 aliphatic heterocycles. The molecule has 1 heterocycles. The zero-order chi connectivity index (χ0) is 15.0. The van der Waals surface area contributed by atoms with Crippen molar-refractivity contribution in [3.05, 3.63) is 27.7 Å². The maximum Gasteiger partial charge on any atom is 0.245 e. The SMILES string of the molecule is CCN(C)C(=O)C(C)n1c(=S)[nH]c2cc(F)c(Cl)cc21. The largest absolute Gasteiger partial charge is 0.344 e. The van der Waals surface area contributed by atoms with Crippen molar-refractivity contribution in [3.8, 4) is 0 Å². The molecule has 0 radical (unpaired) electrons. The topological polar surface area (TPSA) is 41.0 Å². The minimum Gasteiger partial charge on any atom is -0.344 e. The average Bonchev–Trinajstić information content (AvgIpc) is 2.72. The van der Waals surface area contributed by atoms with Crippen molar-refractivity contribution in [3.63, 3.8) is 0 Å². The van der Waals surface area contributed by atoms with E-state index in [1.54, 1.807) is 23.4 Å². The lowest BCUT2D eigenvalue weighted by Gasteiger charge is -2.21. The second kappa shape index (κ2) is 5.54. The lowest BCUT2D eigenvalue weighted by atomic mass is 10.2. The third kappa shape index (κ3) is 2.45. The van der Waals surface area contributed by atoms with E-state index in [0.29, 0.717) is 22.3 Å². The molecular formula is C13H15ClFN3OS. The number of imidazole rings is 1. The first-order valence-electron chi connectivity index (χ1n) is 6.21. The number of rotatable bonds is 3. The second-order valence-corrected chi connectivity index (χ2v) is 5.41. The third-order valence-corrected chi connectivity index (χ3v) is 3.94. The van der Waals surface area contributed by atoms with Crippen LogP contribution in [0.3, 0.4) is 0 Å². The predicted octanol–water partition coefficient (Wildman–Crippen LogP) is 3.53. The van der Waals surface area contributed by atoms with Crippen molar-refractivity contribution in [1.29, 1.82) is 0 Å². The number of hydrogen-bond acceptors (Lipinski definition) is 2. The molecule has 1 amide bonds. The molecule has 0 saturated heterocycles. The fourth-order valence-corrected chi connectivity index (χ4v) is 2.61. The van der Waals surface area contributed by atoms with Gasteiger partial charge in [-0.15, -0.1) is 0 Å². The van der Waals surface area contributed by atoms with Crippen LogP contribution in [0.15, 0.2) is 12.1 Å². The Labute approximate surface area is 126 Å². The standard InChI is InChI=1S/C13H15ClFN3OS/c1-4-17(3)12(19)7(2)18-11-5-8(14)9(15)6-10(11)16-13(18)20/h5-7H,4H2,1-3H3,(H,16,20). The summed E-state index contributed by atoms with van der Waals surface area (Å²) in [6, 6.07) is 2.28. The van der Waals surface area contributed by atoms with Crippen LogP contribution in [0.1, 0.15) is 19.9 Å². The number of fused-ring (bicyclic) bond motifs is 1. The third-order valence-electron chi connectivity index (χ3n) is 3.35. The number of amides is 1. The average molecular weight is 316 g/mol. The molecule has 0 bridgehead atoms. The van der Waals surface area contributed by atoms with Crippen LogP contribution in [-0.2, 0) is 4.79 Å². The number of nitrogens with one attached hydrogen (secondary N) is 1. The summed E-state index contributed by atoms with van der Waals surface area (Å²) >= 11 is 11.0. The number of H-pyrrole nitrogens is 1. The van der Waals surface area contributed by atoms with Gasteiger partial charge in [-0.05, 0) is 32.1 Å². The van der Waals surface area contributed by atoms with Gasteiger partial charge in [-0.3, -0.25) is 4.79 Å². The summed E-state index contributed by atoms with van der Waals surface area (Å²) in [4.78, 5) is 16.8. The van der Waals surface area contributed by atoms with Gasteiger partial charge >= 0.3 is 0 Å². The van der Waals surface area contributed by atoms with Crippen molar-refractivity contribution >= 4 is 40.8 Å². The molecule has 4 nitrogen and oxygen atoms in total. The number of halogens is 2. The van der Waals surface area contributed by atoms with Crippen LogP contribution in [0, 0.1) is 10.6 Å². The van der Waals surface area contributed by atoms with E-state index in [2.05, 4.69) is 4.98 Å². The maximum absolute atomic E-state index is 13.5. The zero-order valence-corrected chi connectivity index (χ0v) is 13.0. The summed E-state index contributed by atoms with van der Waals surface area (Å²) in [5.74, 6) is -0.586. The first kappa shape index (κ1) is 15.0. The summed E-state index contributed by atoms with van der Waals surface area (Å²) in [5, 5.41) is 0.00347. The molecule has 1 unspecified atom stereocenters. The van der Waals surface area contributed by atoms with Gasteiger partial charge in [0.15, 0.2) is 4.77 Å². The normalized spacial score (nSPS) is 12.7. The lowest BCUT2D eigenvalue weighted by molar-refractivity contribution is -0.132. The van der Waals surface area contributed by atoms with E-state index in [1.807, 2.05) is 6.92 Å². The number of carbonyl (C=O) groups is 1. The molecule has 1 aromatic heterocycles. The van der Waals surface area contributed by atoms with Crippen molar-refractivity contribution in [2.45, 2.75) is 19.9 Å². The number of aromatic amines is 1. The lowest BCUT2D eigenvalue weighted by Crippen LogP contribution is -2.32. The van der Waals surface area contributed by atoms with Gasteiger partial charge in [0, 0.05) is 19.7 Å². The summed E-state index contributed by atoms with van der Waals surface area (Å²) < 4.78 is 15.5. The zero-order valence-electron chi connectivity index (χ0n) is 11.4. The van der Waals surface area contributed by atoms with Gasteiger partial charge in [-0.2, -0.15) is 0 Å². The van der Waals surface area contributed by atoms with Crippen LogP contribution in [0.2, 0.25) is 5.02 Å². The quantitative estimate of drug-likeness (QED) is 0.880. The molecule has 0 aliphatic rings. The summed E-state index contributed by atoms with van der Waals surface area (Å²) in [7, 11) is 1.73. The number of nitrogens with zero attached hydrogens (tertiary/aromatic N) is 2. The van der Waals surface area contributed by atoms with Crippen molar-refractivity contribution in [2.75, 3.05) is 13.6 Å². The molecule has 1 atom stereocenters. The number of likely N-dealkylation sites (N-methyl/N-ethyl adjacent to an activating group) is 1. The Hall–Kier alpha value is -1.40. The number of aromatic nitrogens is 2. The predicted molar refractivity (Wildman–Crippen MR) is 80.1 cm³/mol. The summed E-state index contributed by atoms with van der Waals surface area (Å²) in [6.07, 6.45) is 0. The molecule has 7 heteroatoms. The molecule has 108 valence electrons. The van der Waals surface area contributed by atoms with E-state index in [4.69, 9.17) is 23.8 Å². The molecular weight excluding hydrogens is 301 g/mol. The smallest absolute Gasteiger partial charge is 0.245 e. The van der Waals surface area contributed by atoms with E-state index in [9.17, 15) is 9.18 Å². The van der Waals surface area contributed by atoms with Crippen LogP contribution in [-0.4, -0.2) is 34.0 Å². The molecule has 0 spiro atoms. The van der Waals surface area contributed by atoms with Crippen molar-refractivity contribution < 1.29 is 9.18 Å². The van der Waals surface area contributed by atoms with Crippen LogP contribution >= 0.6 is 23.8 Å². The van der Waals surface area contributed by atoms with Crippen LogP contribution < -0.4 is 0 Å². The van der Waals surface area contributed by atoms with Crippen LogP contribution in [0.25, 0.3) is 11.0 Å². The Bertz CT molecular complexity index is 724. The van der Waals surface area contributed by atoms with Gasteiger partial charge in [0.05, 0.1) is 16.1 Å². The fraction of sp³-hybridized carbons (Fsp3) is 0.385. The molecule has 1 N–H and O–H groups in total. The maximum atomic E-state index is 13.5. The van der Waals surface area contributed by atoms with Gasteiger partial charge < -0.3 is 14.5 Å². The van der Waals surface area contributed by atoms with Gasteiger partial charge in [0.1, 0.15) is 11.9 Å². The number of carbonyl (C=O) groups excluding carboxylic acids is 1. The van der Waals surface area contributed by atoms with Crippen molar-refractivity contribution in [1.82, 2.24) is 14.5 Å². The Morgan fingerprint density at radius 2 is 2.25 bits per heavy atom. The molecule has 20 heavy (non-hydrogen) atoms. The second-order valence-electron chi connectivity index (χ2n) is 4.61. The highest BCUT2D eigenvalue weighted by Gasteiger charge is 2.21. The Morgan fingerprint density at radius 3 is 2.85 bits per heavy atom. The number of hydrogen-bond donors (Lipinski definition) is 1. The van der Waals surface area contributed by atoms with E-state index >= 15 is 0 Å². The monoisotopic (exact) mass is 315 g/mol. The molecule has 1 aromatic carbocycles. The fourth-order valence-electron chi connectivity index (χ4n) is 2.09. The highest BCUT2D eigenvalue weighted by atomic mass is 35.5. The van der Waals surface area contributed by atoms with Gasteiger partial charge in [0.25, 0.3) is 0 Å². The number of benzene rings is 1. The first-order valence-corrected chi connectivity index (χ1v) is 6.99. The van der Waals surface area contributed by atoms with Crippen LogP contribution in [0.5, 0.6) is 0 Å². The minimum atomic E-state index is -0.521. The van der Waals surface area contributed by atoms with Gasteiger partial charge in [-0.1, -0.05) is 11.6 Å². The highest BCUT2D eigenvalue weighted by Crippen LogP contribution is 2.25. The minimum absolute atomic E-state index is 0.00347. The molecule has 0 fully saturated rings. The summed E-state index contributed by atoms with van der Waals surface area (Å²) in [5.41, 5.74) is 1.14. The molecule has 0 aliphatic carbocycles. The van der Waals surface area contributed by atoms with E-state index < -0.39 is 11.9 Å². The van der Waals surface area contributed by atoms with Gasteiger partial charge in [0.2, 0.25) is 5.91 Å². The summed E-state index contributed by atoms with van der Waals surface area (Å²) in [6.45, 7) is 4.26. The van der Waals surface area contributed by atoms with Crippen LogP contribution in [0.4, 0.5) is 4.39 Å². The van der Waals surface area contributed by atoms with Gasteiger partial charge in [-0.25, -0.2) is 4.39 Å². The van der Waals surface area contributed by atoms with E-state index in [1.165, 1.54) is 12.1 Å².